The van der Waals surface area contributed by atoms with Gasteiger partial charge in [0.1, 0.15) is 0 Å². The van der Waals surface area contributed by atoms with Crippen LogP contribution in [0.3, 0.4) is 0 Å². The van der Waals surface area contributed by atoms with Gasteiger partial charge in [0.2, 0.25) is 0 Å². The number of carbonyl (C=O) groups is 1. The largest absolute Gasteiger partial charge is 0.396 e. The van der Waals surface area contributed by atoms with Crippen molar-refractivity contribution in [2.75, 3.05) is 6.61 Å². The molecule has 5 nitrogen and oxygen atoms in total. The minimum absolute atomic E-state index is 0.166. The van der Waals surface area contributed by atoms with Gasteiger partial charge in [-0.2, -0.15) is 0 Å². The Balaban J connectivity index is 1.40. The van der Waals surface area contributed by atoms with Gasteiger partial charge in [-0.3, -0.25) is 10.0 Å². The molecular weight excluding hydrogens is 328 g/mol. The Morgan fingerprint density at radius 3 is 2.46 bits per heavy atom. The molecule has 1 aromatic carbocycles. The van der Waals surface area contributed by atoms with Crippen LogP contribution in [0.2, 0.25) is 0 Å². The third-order valence-electron chi connectivity index (χ3n) is 6.70. The molecule has 0 spiro atoms. The molecule has 0 saturated heterocycles. The number of amides is 1. The van der Waals surface area contributed by atoms with Gasteiger partial charge in [-0.25, -0.2) is 5.48 Å². The van der Waals surface area contributed by atoms with Gasteiger partial charge in [-0.15, -0.1) is 0 Å². The molecule has 1 aromatic rings. The molecule has 4 fully saturated rings. The molecule has 2 unspecified atom stereocenters. The molecule has 140 valence electrons. The van der Waals surface area contributed by atoms with Gasteiger partial charge in [0, 0.05) is 24.8 Å². The van der Waals surface area contributed by atoms with Crippen molar-refractivity contribution in [1.82, 2.24) is 10.8 Å². The van der Waals surface area contributed by atoms with E-state index in [1.807, 2.05) is 12.1 Å². The molecule has 4 saturated carbocycles. The second-order valence-electron chi connectivity index (χ2n) is 8.80. The van der Waals surface area contributed by atoms with Crippen molar-refractivity contribution in [3.8, 4) is 0 Å². The number of aliphatic hydroxyl groups is 1. The number of rotatable bonds is 6. The van der Waals surface area contributed by atoms with Crippen LogP contribution in [0.5, 0.6) is 0 Å². The summed E-state index contributed by atoms with van der Waals surface area (Å²) in [6.07, 6.45) is 10.4. The lowest BCUT2D eigenvalue weighted by atomic mass is 9.47. The Morgan fingerprint density at radius 1 is 1.15 bits per heavy atom. The van der Waals surface area contributed by atoms with Crippen LogP contribution in [0.25, 0.3) is 6.08 Å². The molecule has 4 atom stereocenters. The molecular formula is C21H28N2O3. The minimum atomic E-state index is -0.532. The first-order valence-corrected chi connectivity index (χ1v) is 9.61. The Labute approximate surface area is 154 Å². The average Bonchev–Trinajstić information content (AvgIpc) is 2.64. The number of hydrogen-bond donors (Lipinski definition) is 4. The van der Waals surface area contributed by atoms with Crippen LogP contribution in [0.1, 0.15) is 49.7 Å². The SMILES string of the molecule is O=C(/C=C/c1ccc(CNC23C[C@@H]4C[C@@H](CC(CO)(C4)C2)C3)cc1)NO. The van der Waals surface area contributed by atoms with E-state index >= 15 is 0 Å². The Morgan fingerprint density at radius 2 is 1.85 bits per heavy atom. The van der Waals surface area contributed by atoms with E-state index in [4.69, 9.17) is 5.21 Å². The van der Waals surface area contributed by atoms with Crippen molar-refractivity contribution in [2.45, 2.75) is 50.6 Å². The zero-order valence-electron chi connectivity index (χ0n) is 15.1. The van der Waals surface area contributed by atoms with Crippen molar-refractivity contribution in [3.63, 3.8) is 0 Å². The summed E-state index contributed by atoms with van der Waals surface area (Å²) >= 11 is 0. The molecule has 5 rings (SSSR count). The van der Waals surface area contributed by atoms with E-state index in [2.05, 4.69) is 17.4 Å². The van der Waals surface area contributed by atoms with E-state index in [9.17, 15) is 9.90 Å². The summed E-state index contributed by atoms with van der Waals surface area (Å²) in [6, 6.07) is 8.11. The summed E-state index contributed by atoms with van der Waals surface area (Å²) in [6.45, 7) is 1.17. The van der Waals surface area contributed by atoms with E-state index < -0.39 is 5.91 Å². The maximum atomic E-state index is 11.0. The highest BCUT2D eigenvalue weighted by Gasteiger charge is 2.57. The zero-order chi connectivity index (χ0) is 18.2. The molecule has 1 amide bonds. The van der Waals surface area contributed by atoms with Crippen LogP contribution in [-0.4, -0.2) is 28.4 Å². The minimum Gasteiger partial charge on any atom is -0.396 e. The number of nitrogens with one attached hydrogen (secondary N) is 2. The van der Waals surface area contributed by atoms with Gasteiger partial charge < -0.3 is 10.4 Å². The van der Waals surface area contributed by atoms with Crippen molar-refractivity contribution >= 4 is 12.0 Å². The fourth-order valence-electron chi connectivity index (χ4n) is 6.09. The van der Waals surface area contributed by atoms with Crippen molar-refractivity contribution in [1.29, 1.82) is 0 Å². The van der Waals surface area contributed by atoms with Gasteiger partial charge in [-0.1, -0.05) is 24.3 Å². The first kappa shape index (κ1) is 17.7. The number of aliphatic hydroxyl groups excluding tert-OH is 1. The molecule has 4 aliphatic rings. The molecule has 0 aromatic heterocycles. The predicted molar refractivity (Wildman–Crippen MR) is 99.2 cm³/mol. The molecule has 0 heterocycles. The Bertz CT molecular complexity index is 684. The van der Waals surface area contributed by atoms with Gasteiger partial charge in [0.25, 0.3) is 5.91 Å². The summed E-state index contributed by atoms with van der Waals surface area (Å²) in [4.78, 5) is 11.0. The van der Waals surface area contributed by atoms with E-state index in [-0.39, 0.29) is 11.0 Å². The van der Waals surface area contributed by atoms with Crippen LogP contribution in [0.15, 0.2) is 30.3 Å². The second-order valence-corrected chi connectivity index (χ2v) is 8.80. The lowest BCUT2D eigenvalue weighted by molar-refractivity contribution is -0.124. The smallest absolute Gasteiger partial charge is 0.267 e. The van der Waals surface area contributed by atoms with E-state index in [1.165, 1.54) is 43.7 Å². The van der Waals surface area contributed by atoms with E-state index in [0.717, 1.165) is 30.4 Å². The summed E-state index contributed by atoms with van der Waals surface area (Å²) in [5.41, 5.74) is 4.10. The monoisotopic (exact) mass is 356 g/mol. The molecule has 26 heavy (non-hydrogen) atoms. The molecule has 4 N–H and O–H groups in total. The normalized spacial score (nSPS) is 35.2. The fourth-order valence-corrected chi connectivity index (χ4v) is 6.09. The summed E-state index contributed by atoms with van der Waals surface area (Å²) in [5, 5.41) is 22.4. The third-order valence-corrected chi connectivity index (χ3v) is 6.70. The molecule has 5 heteroatoms. The van der Waals surface area contributed by atoms with Gasteiger partial charge in [0.05, 0.1) is 0 Å². The second kappa shape index (κ2) is 6.80. The lowest BCUT2D eigenvalue weighted by Crippen LogP contribution is -2.62. The highest BCUT2D eigenvalue weighted by Crippen LogP contribution is 2.61. The Kier molecular flexibility index (Phi) is 4.63. The van der Waals surface area contributed by atoms with E-state index in [0.29, 0.717) is 6.61 Å². The van der Waals surface area contributed by atoms with Gasteiger partial charge in [-0.05, 0) is 73.0 Å². The number of carbonyl (C=O) groups excluding carboxylic acids is 1. The Hall–Kier alpha value is -1.69. The number of hydrogen-bond acceptors (Lipinski definition) is 4. The summed E-state index contributed by atoms with van der Waals surface area (Å²) < 4.78 is 0. The predicted octanol–water partition coefficient (Wildman–Crippen LogP) is 2.63. The molecule has 4 aliphatic carbocycles. The maximum Gasteiger partial charge on any atom is 0.267 e. The van der Waals surface area contributed by atoms with Crippen LogP contribution < -0.4 is 10.8 Å². The topological polar surface area (TPSA) is 81.6 Å². The number of benzene rings is 1. The maximum absolute atomic E-state index is 11.0. The first-order valence-electron chi connectivity index (χ1n) is 9.61. The van der Waals surface area contributed by atoms with Crippen molar-refractivity contribution in [3.05, 3.63) is 41.5 Å². The molecule has 0 radical (unpaired) electrons. The molecule has 4 bridgehead atoms. The van der Waals surface area contributed by atoms with Crippen LogP contribution in [0.4, 0.5) is 0 Å². The van der Waals surface area contributed by atoms with Gasteiger partial charge in [0.15, 0.2) is 0 Å². The first-order chi connectivity index (χ1) is 12.5. The van der Waals surface area contributed by atoms with Crippen LogP contribution in [-0.2, 0) is 11.3 Å². The summed E-state index contributed by atoms with van der Waals surface area (Å²) in [7, 11) is 0. The summed E-state index contributed by atoms with van der Waals surface area (Å²) in [5.74, 6) is 1.03. The van der Waals surface area contributed by atoms with Gasteiger partial charge >= 0.3 is 0 Å². The average molecular weight is 356 g/mol. The molecule has 0 aliphatic heterocycles. The number of hydroxylamine groups is 1. The lowest BCUT2D eigenvalue weighted by Gasteiger charge is -2.62. The standard InChI is InChI=1S/C21H28N2O3/c24-14-20-8-17-7-18(9-20)11-21(10-17,13-20)22-12-16-3-1-15(2-4-16)5-6-19(25)23-26/h1-6,17-18,22,24,26H,7-14H2,(H,23,25)/b6-5+/t17-,18+,20?,21?. The zero-order valence-corrected chi connectivity index (χ0v) is 15.1. The fraction of sp³-hybridized carbons (Fsp3) is 0.571. The van der Waals surface area contributed by atoms with E-state index in [1.54, 1.807) is 11.6 Å². The van der Waals surface area contributed by atoms with Crippen LogP contribution in [0, 0.1) is 17.3 Å². The third kappa shape index (κ3) is 3.43. The highest BCUT2D eigenvalue weighted by atomic mass is 16.5. The van der Waals surface area contributed by atoms with Crippen molar-refractivity contribution in [2.24, 2.45) is 17.3 Å². The quantitative estimate of drug-likeness (QED) is 0.359. The van der Waals surface area contributed by atoms with Crippen LogP contribution >= 0.6 is 0 Å². The van der Waals surface area contributed by atoms with Crippen molar-refractivity contribution < 1.29 is 15.1 Å². The highest BCUT2D eigenvalue weighted by molar-refractivity contribution is 5.90.